The Morgan fingerprint density at radius 1 is 1.39 bits per heavy atom. The van der Waals surface area contributed by atoms with E-state index < -0.39 is 0 Å². The van der Waals surface area contributed by atoms with Crippen molar-refractivity contribution in [2.24, 2.45) is 5.73 Å². The van der Waals surface area contributed by atoms with Gasteiger partial charge < -0.3 is 10.3 Å². The van der Waals surface area contributed by atoms with E-state index in [1.807, 2.05) is 6.07 Å². The lowest BCUT2D eigenvalue weighted by Crippen LogP contribution is -2.15. The zero-order valence-corrected chi connectivity index (χ0v) is 11.6. The van der Waals surface area contributed by atoms with E-state index in [0.717, 1.165) is 36.4 Å². The molecule has 2 rings (SSSR count). The van der Waals surface area contributed by atoms with E-state index in [2.05, 4.69) is 23.4 Å². The third kappa shape index (κ3) is 2.35. The summed E-state index contributed by atoms with van der Waals surface area (Å²) in [6.45, 7) is 5.70. The summed E-state index contributed by atoms with van der Waals surface area (Å²) in [5.74, 6) is 1.53. The molecule has 0 atom stereocenters. The molecule has 0 saturated heterocycles. The van der Waals surface area contributed by atoms with Gasteiger partial charge in [-0.05, 0) is 18.9 Å². The quantitative estimate of drug-likeness (QED) is 0.905. The average molecular weight is 267 g/mol. The molecular formula is C13H19ClN4. The van der Waals surface area contributed by atoms with Gasteiger partial charge in [0.15, 0.2) is 5.65 Å². The summed E-state index contributed by atoms with van der Waals surface area (Å²) in [4.78, 5) is 9.08. The normalized spacial score (nSPS) is 11.6. The molecule has 2 aromatic rings. The molecule has 0 aliphatic rings. The Labute approximate surface area is 112 Å². The van der Waals surface area contributed by atoms with E-state index in [0.29, 0.717) is 17.5 Å². The molecule has 2 aromatic heterocycles. The van der Waals surface area contributed by atoms with Gasteiger partial charge in [0.25, 0.3) is 0 Å². The van der Waals surface area contributed by atoms with Gasteiger partial charge in [0, 0.05) is 25.2 Å². The molecule has 98 valence electrons. The summed E-state index contributed by atoms with van der Waals surface area (Å²) >= 11 is 5.97. The number of hydrogen-bond donors (Lipinski definition) is 1. The molecule has 2 heterocycles. The van der Waals surface area contributed by atoms with Crippen molar-refractivity contribution in [3.8, 4) is 0 Å². The fraction of sp³-hybridized carbons (Fsp3) is 0.538. The highest BCUT2D eigenvalue weighted by atomic mass is 35.5. The van der Waals surface area contributed by atoms with Crippen LogP contribution in [0.2, 0.25) is 5.02 Å². The van der Waals surface area contributed by atoms with E-state index in [9.17, 15) is 0 Å². The van der Waals surface area contributed by atoms with Crippen LogP contribution in [0.5, 0.6) is 0 Å². The fourth-order valence-corrected chi connectivity index (χ4v) is 2.47. The molecule has 18 heavy (non-hydrogen) atoms. The van der Waals surface area contributed by atoms with Crippen LogP contribution in [0.1, 0.15) is 38.4 Å². The van der Waals surface area contributed by atoms with Crippen LogP contribution in [0.3, 0.4) is 0 Å². The number of imidazole rings is 1. The fourth-order valence-electron chi connectivity index (χ4n) is 2.32. The van der Waals surface area contributed by atoms with E-state index in [1.54, 1.807) is 6.20 Å². The highest BCUT2D eigenvalue weighted by molar-refractivity contribution is 6.31. The number of pyridine rings is 1. The minimum absolute atomic E-state index is 0.449. The Morgan fingerprint density at radius 2 is 2.11 bits per heavy atom. The predicted octanol–water partition coefficient (Wildman–Crippen LogP) is 2.95. The number of nitrogens with two attached hydrogens (primary N) is 1. The van der Waals surface area contributed by atoms with Crippen molar-refractivity contribution in [2.45, 2.75) is 39.2 Å². The molecule has 0 unspecified atom stereocenters. The molecule has 0 saturated carbocycles. The smallest absolute Gasteiger partial charge is 0.160 e. The van der Waals surface area contributed by atoms with Crippen LogP contribution in [0.15, 0.2) is 12.3 Å². The first kappa shape index (κ1) is 13.3. The molecule has 0 bridgehead atoms. The molecule has 0 aliphatic heterocycles. The minimum Gasteiger partial charge on any atom is -0.329 e. The summed E-state index contributed by atoms with van der Waals surface area (Å²) in [5, 5.41) is 0.621. The summed E-state index contributed by atoms with van der Waals surface area (Å²) < 4.78 is 2.13. The van der Waals surface area contributed by atoms with Crippen LogP contribution in [0.25, 0.3) is 11.2 Å². The van der Waals surface area contributed by atoms with E-state index in [4.69, 9.17) is 22.3 Å². The van der Waals surface area contributed by atoms with Crippen molar-refractivity contribution in [1.82, 2.24) is 14.5 Å². The monoisotopic (exact) mass is 266 g/mol. The second-order valence-electron chi connectivity index (χ2n) is 4.42. The number of aromatic nitrogens is 3. The standard InChI is InChI=1S/C13H19ClN4/c1-3-9(4-2)12-17-11-7-10(14)8-16-13(11)18(12)6-5-15/h7-9H,3-6,15H2,1-2H3. The Balaban J connectivity index is 2.59. The van der Waals surface area contributed by atoms with Gasteiger partial charge in [-0.15, -0.1) is 0 Å². The first-order chi connectivity index (χ1) is 8.71. The Morgan fingerprint density at radius 3 is 2.72 bits per heavy atom. The van der Waals surface area contributed by atoms with Gasteiger partial charge in [0.2, 0.25) is 0 Å². The van der Waals surface area contributed by atoms with E-state index in [-0.39, 0.29) is 0 Å². The predicted molar refractivity (Wildman–Crippen MR) is 74.9 cm³/mol. The SMILES string of the molecule is CCC(CC)c1nc2cc(Cl)cnc2n1CCN. The van der Waals surface area contributed by atoms with Gasteiger partial charge in [-0.25, -0.2) is 9.97 Å². The van der Waals surface area contributed by atoms with Crippen molar-refractivity contribution >= 4 is 22.8 Å². The zero-order chi connectivity index (χ0) is 13.1. The number of hydrogen-bond acceptors (Lipinski definition) is 3. The average Bonchev–Trinajstić information content (AvgIpc) is 2.70. The highest BCUT2D eigenvalue weighted by Gasteiger charge is 2.18. The van der Waals surface area contributed by atoms with Crippen molar-refractivity contribution < 1.29 is 0 Å². The van der Waals surface area contributed by atoms with Crippen molar-refractivity contribution in [3.05, 3.63) is 23.1 Å². The Bertz CT molecular complexity index is 531. The lowest BCUT2D eigenvalue weighted by atomic mass is 10.0. The van der Waals surface area contributed by atoms with Crippen molar-refractivity contribution in [1.29, 1.82) is 0 Å². The second kappa shape index (κ2) is 5.67. The molecule has 0 spiro atoms. The van der Waals surface area contributed by atoms with Gasteiger partial charge in [0.05, 0.1) is 5.02 Å². The maximum Gasteiger partial charge on any atom is 0.160 e. The Hall–Kier alpha value is -1.13. The van der Waals surface area contributed by atoms with Crippen LogP contribution in [-0.4, -0.2) is 21.1 Å². The molecular weight excluding hydrogens is 248 g/mol. The summed E-state index contributed by atoms with van der Waals surface area (Å²) in [6, 6.07) is 1.86. The topological polar surface area (TPSA) is 56.7 Å². The van der Waals surface area contributed by atoms with Crippen LogP contribution in [0, 0.1) is 0 Å². The lowest BCUT2D eigenvalue weighted by Gasteiger charge is -2.14. The van der Waals surface area contributed by atoms with Crippen LogP contribution in [0.4, 0.5) is 0 Å². The first-order valence-electron chi connectivity index (χ1n) is 6.43. The molecule has 0 aliphatic carbocycles. The number of nitrogens with zero attached hydrogens (tertiary/aromatic N) is 3. The highest BCUT2D eigenvalue weighted by Crippen LogP contribution is 2.26. The first-order valence-corrected chi connectivity index (χ1v) is 6.80. The molecule has 0 radical (unpaired) electrons. The van der Waals surface area contributed by atoms with Crippen molar-refractivity contribution in [2.75, 3.05) is 6.54 Å². The van der Waals surface area contributed by atoms with Gasteiger partial charge >= 0.3 is 0 Å². The summed E-state index contributed by atoms with van der Waals surface area (Å²) in [7, 11) is 0. The van der Waals surface area contributed by atoms with Gasteiger partial charge in [-0.1, -0.05) is 25.4 Å². The minimum atomic E-state index is 0.449. The summed E-state index contributed by atoms with van der Waals surface area (Å²) in [6.07, 6.45) is 3.80. The lowest BCUT2D eigenvalue weighted by molar-refractivity contribution is 0.555. The largest absolute Gasteiger partial charge is 0.329 e. The van der Waals surface area contributed by atoms with E-state index >= 15 is 0 Å². The van der Waals surface area contributed by atoms with Crippen molar-refractivity contribution in [3.63, 3.8) is 0 Å². The molecule has 5 heteroatoms. The molecule has 0 fully saturated rings. The van der Waals surface area contributed by atoms with E-state index in [1.165, 1.54) is 0 Å². The zero-order valence-electron chi connectivity index (χ0n) is 10.9. The Kier molecular flexibility index (Phi) is 4.19. The third-order valence-corrected chi connectivity index (χ3v) is 3.49. The van der Waals surface area contributed by atoms with Crippen LogP contribution >= 0.6 is 11.6 Å². The molecule has 2 N–H and O–H groups in total. The molecule has 0 aromatic carbocycles. The maximum absolute atomic E-state index is 5.97. The third-order valence-electron chi connectivity index (χ3n) is 3.28. The maximum atomic E-state index is 5.97. The van der Waals surface area contributed by atoms with Gasteiger partial charge in [-0.3, -0.25) is 0 Å². The number of fused-ring (bicyclic) bond motifs is 1. The number of halogens is 1. The number of rotatable bonds is 5. The van der Waals surface area contributed by atoms with Crippen LogP contribution < -0.4 is 5.73 Å². The van der Waals surface area contributed by atoms with Gasteiger partial charge in [0.1, 0.15) is 11.3 Å². The van der Waals surface area contributed by atoms with Crippen LogP contribution in [-0.2, 0) is 6.54 Å². The van der Waals surface area contributed by atoms with Gasteiger partial charge in [-0.2, -0.15) is 0 Å². The second-order valence-corrected chi connectivity index (χ2v) is 4.86. The molecule has 4 nitrogen and oxygen atoms in total. The summed E-state index contributed by atoms with van der Waals surface area (Å²) in [5.41, 5.74) is 7.43. The molecule has 0 amide bonds.